The molecule has 0 fully saturated rings. The Morgan fingerprint density at radius 3 is 2.05 bits per heavy atom. The molecule has 1 aromatic carbocycles. The monoisotopic (exact) mass is 322 g/mol. The van der Waals surface area contributed by atoms with Gasteiger partial charge < -0.3 is 0 Å². The third-order valence-corrected chi connectivity index (χ3v) is 2.41. The minimum atomic E-state index is -6.41. The van der Waals surface area contributed by atoms with E-state index >= 15 is 0 Å². The number of hydrazone groups is 1. The third-order valence-electron chi connectivity index (χ3n) is 2.06. The van der Waals surface area contributed by atoms with Crippen LogP contribution in [0.2, 0.25) is 5.02 Å². The van der Waals surface area contributed by atoms with Gasteiger partial charge in [-0.15, -0.1) is 0 Å². The molecule has 0 saturated heterocycles. The molecule has 0 aliphatic carbocycles. The molecule has 0 aromatic heterocycles. The van der Waals surface area contributed by atoms with Crippen molar-refractivity contribution in [2.24, 2.45) is 5.10 Å². The van der Waals surface area contributed by atoms with Crippen molar-refractivity contribution in [1.29, 1.82) is 0 Å². The summed E-state index contributed by atoms with van der Waals surface area (Å²) in [4.78, 5) is 0. The van der Waals surface area contributed by atoms with Gasteiger partial charge in [0.15, 0.2) is 0 Å². The molecule has 0 amide bonds. The maximum Gasteiger partial charge on any atom is 0.462 e. The smallest absolute Gasteiger partial charge is 0.242 e. The van der Waals surface area contributed by atoms with E-state index < -0.39 is 18.1 Å². The Morgan fingerprint density at radius 2 is 1.55 bits per heavy atom. The topological polar surface area (TPSA) is 24.4 Å². The minimum absolute atomic E-state index is 0.0592. The van der Waals surface area contributed by atoms with E-state index in [0.717, 1.165) is 0 Å². The lowest BCUT2D eigenvalue weighted by Gasteiger charge is -2.27. The summed E-state index contributed by atoms with van der Waals surface area (Å²) >= 11 is 5.60. The van der Waals surface area contributed by atoms with Gasteiger partial charge in [-0.3, -0.25) is 0 Å². The molecule has 0 unspecified atom stereocenters. The zero-order valence-electron chi connectivity index (χ0n) is 9.36. The van der Waals surface area contributed by atoms with Gasteiger partial charge in [-0.25, -0.2) is 5.43 Å². The Labute approximate surface area is 113 Å². The molecule has 0 bridgehead atoms. The first-order chi connectivity index (χ1) is 8.99. The highest BCUT2D eigenvalue weighted by Crippen LogP contribution is 2.44. The van der Waals surface area contributed by atoms with Crippen LogP contribution in [0.3, 0.4) is 0 Å². The van der Waals surface area contributed by atoms with Crippen LogP contribution in [-0.2, 0) is 0 Å². The first-order valence-electron chi connectivity index (χ1n) is 4.86. The summed E-state index contributed by atoms with van der Waals surface area (Å²) in [6.07, 6.45) is -5.81. The van der Waals surface area contributed by atoms with Crippen LogP contribution in [-0.4, -0.2) is 24.4 Å². The van der Waals surface area contributed by atoms with Crippen molar-refractivity contribution in [2.75, 3.05) is 0 Å². The van der Waals surface area contributed by atoms with E-state index in [4.69, 9.17) is 11.6 Å². The maximum absolute atomic E-state index is 12.8. The second kappa shape index (κ2) is 5.47. The number of benzene rings is 1. The fraction of sp³-hybridized carbons (Fsp3) is 0.300. The SMILES string of the molecule is FC(F)(F)C(F)(F)C(F)(F)N/N=C/c1ccccc1Cl. The summed E-state index contributed by atoms with van der Waals surface area (Å²) in [5.74, 6) is -6.27. The van der Waals surface area contributed by atoms with Crippen molar-refractivity contribution >= 4 is 17.8 Å². The Kier molecular flexibility index (Phi) is 4.52. The molecule has 0 aliphatic rings. The molecule has 2 nitrogen and oxygen atoms in total. The Morgan fingerprint density at radius 1 is 1.00 bits per heavy atom. The molecule has 0 aliphatic heterocycles. The fourth-order valence-electron chi connectivity index (χ4n) is 1.01. The van der Waals surface area contributed by atoms with Crippen LogP contribution < -0.4 is 5.43 Å². The van der Waals surface area contributed by atoms with Crippen LogP contribution in [0.1, 0.15) is 5.56 Å². The van der Waals surface area contributed by atoms with E-state index in [0.29, 0.717) is 11.6 Å². The molecule has 0 heterocycles. The summed E-state index contributed by atoms with van der Waals surface area (Å²) < 4.78 is 85.9. The van der Waals surface area contributed by atoms with Gasteiger partial charge in [0.05, 0.1) is 6.21 Å². The second-order valence-electron chi connectivity index (χ2n) is 3.54. The van der Waals surface area contributed by atoms with Gasteiger partial charge in [0.2, 0.25) is 0 Å². The van der Waals surface area contributed by atoms with Crippen LogP contribution in [0, 0.1) is 0 Å². The number of halogens is 8. The second-order valence-corrected chi connectivity index (χ2v) is 3.95. The van der Waals surface area contributed by atoms with Crippen LogP contribution in [0.4, 0.5) is 30.7 Å². The number of hydrogen-bond donors (Lipinski definition) is 1. The highest BCUT2D eigenvalue weighted by Gasteiger charge is 2.73. The lowest BCUT2D eigenvalue weighted by molar-refractivity contribution is -0.361. The van der Waals surface area contributed by atoms with Crippen LogP contribution in [0.5, 0.6) is 0 Å². The van der Waals surface area contributed by atoms with E-state index in [-0.39, 0.29) is 10.6 Å². The predicted octanol–water partition coefficient (Wildman–Crippen LogP) is 4.05. The number of nitrogens with zero attached hydrogens (tertiary/aromatic N) is 1. The Balaban J connectivity index is 2.86. The standard InChI is InChI=1S/C10H6ClF7N2/c11-7-4-2-1-3-6(7)5-19-20-10(17,18)8(12,13)9(14,15)16/h1-5,20H/b19-5+. The predicted molar refractivity (Wildman–Crippen MR) is 58.1 cm³/mol. The summed E-state index contributed by atoms with van der Waals surface area (Å²) in [6, 6.07) is -0.00284. The Bertz CT molecular complexity index is 499. The van der Waals surface area contributed by atoms with Crippen LogP contribution in [0.15, 0.2) is 29.4 Å². The highest BCUT2D eigenvalue weighted by atomic mass is 35.5. The molecule has 0 saturated carbocycles. The highest BCUT2D eigenvalue weighted by molar-refractivity contribution is 6.33. The van der Waals surface area contributed by atoms with E-state index in [1.165, 1.54) is 24.3 Å². The molecular formula is C10H6ClF7N2. The molecule has 0 spiro atoms. The molecule has 0 radical (unpaired) electrons. The van der Waals surface area contributed by atoms with Crippen LogP contribution >= 0.6 is 11.6 Å². The number of alkyl halides is 7. The first-order valence-corrected chi connectivity index (χ1v) is 5.24. The largest absolute Gasteiger partial charge is 0.462 e. The van der Waals surface area contributed by atoms with Gasteiger partial charge in [0, 0.05) is 10.6 Å². The average Bonchev–Trinajstić information content (AvgIpc) is 2.29. The normalized spacial score (nSPS) is 13.8. The van der Waals surface area contributed by atoms with E-state index in [1.54, 1.807) is 0 Å². The maximum atomic E-state index is 12.8. The van der Waals surface area contributed by atoms with Gasteiger partial charge in [-0.1, -0.05) is 29.8 Å². The first kappa shape index (κ1) is 16.5. The summed E-state index contributed by atoms with van der Waals surface area (Å²) in [7, 11) is 0. The molecule has 10 heteroatoms. The van der Waals surface area contributed by atoms with Gasteiger partial charge >= 0.3 is 18.1 Å². The van der Waals surface area contributed by atoms with Crippen molar-refractivity contribution in [3.63, 3.8) is 0 Å². The zero-order chi connectivity index (χ0) is 15.6. The van der Waals surface area contributed by atoms with Gasteiger partial charge in [0.25, 0.3) is 0 Å². The summed E-state index contributed by atoms with van der Waals surface area (Å²) in [5, 5.41) is 2.72. The number of nitrogens with one attached hydrogen (secondary N) is 1. The lowest BCUT2D eigenvalue weighted by atomic mass is 10.2. The molecule has 1 aromatic rings. The van der Waals surface area contributed by atoms with Gasteiger partial charge in [0.1, 0.15) is 0 Å². The summed E-state index contributed by atoms with van der Waals surface area (Å²) in [5.41, 5.74) is 0.552. The number of rotatable bonds is 4. The number of hydrogen-bond acceptors (Lipinski definition) is 2. The quantitative estimate of drug-likeness (QED) is 0.384. The third kappa shape index (κ3) is 3.33. The molecule has 1 N–H and O–H groups in total. The average molecular weight is 323 g/mol. The molecule has 0 atom stereocenters. The molecule has 20 heavy (non-hydrogen) atoms. The zero-order valence-corrected chi connectivity index (χ0v) is 10.1. The van der Waals surface area contributed by atoms with E-state index in [2.05, 4.69) is 5.10 Å². The van der Waals surface area contributed by atoms with E-state index in [9.17, 15) is 30.7 Å². The molecule has 1 rings (SSSR count). The van der Waals surface area contributed by atoms with Crippen LogP contribution in [0.25, 0.3) is 0 Å². The van der Waals surface area contributed by atoms with E-state index in [1.807, 2.05) is 0 Å². The molecular weight excluding hydrogens is 317 g/mol. The van der Waals surface area contributed by atoms with Crippen molar-refractivity contribution in [1.82, 2.24) is 5.43 Å². The lowest BCUT2D eigenvalue weighted by Crippen LogP contribution is -2.58. The summed E-state index contributed by atoms with van der Waals surface area (Å²) in [6.45, 7) is 0. The van der Waals surface area contributed by atoms with Crippen molar-refractivity contribution < 1.29 is 30.7 Å². The fourth-order valence-corrected chi connectivity index (χ4v) is 1.20. The molecule has 112 valence electrons. The van der Waals surface area contributed by atoms with Crippen molar-refractivity contribution in [3.8, 4) is 0 Å². The minimum Gasteiger partial charge on any atom is -0.242 e. The van der Waals surface area contributed by atoms with Crippen molar-refractivity contribution in [3.05, 3.63) is 34.9 Å². The van der Waals surface area contributed by atoms with Gasteiger partial charge in [-0.2, -0.15) is 35.8 Å². The van der Waals surface area contributed by atoms with Gasteiger partial charge in [-0.05, 0) is 6.07 Å². The van der Waals surface area contributed by atoms with Crippen molar-refractivity contribution in [2.45, 2.75) is 18.1 Å². The Hall–Kier alpha value is -1.51.